The number of thiophene rings is 1. The number of H-pyrrole nitrogens is 1. The molecule has 1 amide bonds. The molecule has 0 spiro atoms. The molecule has 0 atom stereocenters. The highest BCUT2D eigenvalue weighted by Gasteiger charge is 2.08. The predicted octanol–water partition coefficient (Wildman–Crippen LogP) is 0.677. The lowest BCUT2D eigenvalue weighted by molar-refractivity contribution is 0.0946. The average molecular weight is 287 g/mol. The Bertz CT molecular complexity index is 722. The van der Waals surface area contributed by atoms with Crippen molar-refractivity contribution in [3.8, 4) is 11.8 Å². The molecule has 0 aliphatic carbocycles. The maximum atomic E-state index is 11.9. The topological polar surface area (TPSA) is 88.0 Å². The number of nitrogens with two attached hydrogens (primary N) is 1. The average Bonchev–Trinajstić information content (AvgIpc) is 2.90. The number of nitrogens with one attached hydrogen (secondary N) is 2. The van der Waals surface area contributed by atoms with Crippen LogP contribution in [0.1, 0.15) is 20.9 Å². The first-order valence-electron chi connectivity index (χ1n) is 5.93. The fourth-order valence-electron chi connectivity index (χ4n) is 1.57. The number of hydrogen-bond donors (Lipinski definition) is 3. The quantitative estimate of drug-likeness (QED) is 0.725. The van der Waals surface area contributed by atoms with Crippen LogP contribution >= 0.6 is 11.3 Å². The van der Waals surface area contributed by atoms with Gasteiger partial charge in [-0.3, -0.25) is 9.59 Å². The van der Waals surface area contributed by atoms with E-state index in [4.69, 9.17) is 5.73 Å². The highest BCUT2D eigenvalue weighted by atomic mass is 32.1. The molecule has 0 fully saturated rings. The van der Waals surface area contributed by atoms with Crippen LogP contribution in [0.4, 0.5) is 0 Å². The van der Waals surface area contributed by atoms with E-state index in [9.17, 15) is 9.59 Å². The zero-order chi connectivity index (χ0) is 14.4. The van der Waals surface area contributed by atoms with Gasteiger partial charge in [0, 0.05) is 16.5 Å². The largest absolute Gasteiger partial charge is 0.346 e. The van der Waals surface area contributed by atoms with Gasteiger partial charge in [0.05, 0.1) is 13.1 Å². The third-order valence-electron chi connectivity index (χ3n) is 2.49. The van der Waals surface area contributed by atoms with Crippen molar-refractivity contribution in [2.24, 2.45) is 5.73 Å². The van der Waals surface area contributed by atoms with Crippen molar-refractivity contribution in [1.82, 2.24) is 10.3 Å². The van der Waals surface area contributed by atoms with Crippen LogP contribution in [0.3, 0.4) is 0 Å². The molecule has 0 unspecified atom stereocenters. The Hall–Kier alpha value is -2.36. The van der Waals surface area contributed by atoms with Crippen LogP contribution in [-0.4, -0.2) is 17.4 Å². The molecule has 2 heterocycles. The monoisotopic (exact) mass is 287 g/mol. The summed E-state index contributed by atoms with van der Waals surface area (Å²) in [5.41, 5.74) is 6.13. The van der Waals surface area contributed by atoms with Crippen LogP contribution in [0.15, 0.2) is 34.4 Å². The van der Waals surface area contributed by atoms with Gasteiger partial charge in [0.1, 0.15) is 5.69 Å². The summed E-state index contributed by atoms with van der Waals surface area (Å²) in [6.45, 7) is 0.662. The number of aromatic nitrogens is 1. The highest BCUT2D eigenvalue weighted by molar-refractivity contribution is 7.10. The van der Waals surface area contributed by atoms with Crippen LogP contribution in [0, 0.1) is 11.8 Å². The second kappa shape index (κ2) is 6.70. The zero-order valence-corrected chi connectivity index (χ0v) is 11.4. The van der Waals surface area contributed by atoms with Crippen molar-refractivity contribution in [1.29, 1.82) is 0 Å². The van der Waals surface area contributed by atoms with Crippen LogP contribution < -0.4 is 16.6 Å². The van der Waals surface area contributed by atoms with Crippen molar-refractivity contribution < 1.29 is 4.79 Å². The number of aromatic amines is 1. The number of rotatable bonds is 3. The van der Waals surface area contributed by atoms with E-state index in [0.717, 1.165) is 10.4 Å². The molecule has 2 aromatic rings. The molecule has 6 heteroatoms. The molecule has 0 saturated carbocycles. The molecule has 2 rings (SSSR count). The third kappa shape index (κ3) is 3.57. The van der Waals surface area contributed by atoms with E-state index in [0.29, 0.717) is 13.1 Å². The molecule has 0 saturated heterocycles. The van der Waals surface area contributed by atoms with Gasteiger partial charge in [-0.05, 0) is 17.5 Å². The van der Waals surface area contributed by atoms with Crippen molar-refractivity contribution in [2.75, 3.05) is 6.54 Å². The lowest BCUT2D eigenvalue weighted by Crippen LogP contribution is -2.25. The Morgan fingerprint density at radius 3 is 3.00 bits per heavy atom. The number of hydrogen-bond acceptors (Lipinski definition) is 4. The van der Waals surface area contributed by atoms with Crippen LogP contribution in [-0.2, 0) is 6.54 Å². The van der Waals surface area contributed by atoms with E-state index >= 15 is 0 Å². The summed E-state index contributed by atoms with van der Waals surface area (Å²) in [6.07, 6.45) is 0. The van der Waals surface area contributed by atoms with E-state index in [1.54, 1.807) is 6.07 Å². The second-order valence-electron chi connectivity index (χ2n) is 3.87. The van der Waals surface area contributed by atoms with Crippen molar-refractivity contribution in [3.63, 3.8) is 0 Å². The SMILES string of the molecule is NCC#Cc1ccsc1CNC(=O)c1cccc(=O)[nH]1. The van der Waals surface area contributed by atoms with Crippen molar-refractivity contribution >= 4 is 17.2 Å². The summed E-state index contributed by atoms with van der Waals surface area (Å²) < 4.78 is 0. The third-order valence-corrected chi connectivity index (χ3v) is 3.41. The van der Waals surface area contributed by atoms with Gasteiger partial charge in [-0.1, -0.05) is 17.9 Å². The summed E-state index contributed by atoms with van der Waals surface area (Å²) >= 11 is 1.51. The minimum atomic E-state index is -0.325. The van der Waals surface area contributed by atoms with Gasteiger partial charge in [-0.15, -0.1) is 11.3 Å². The standard InChI is InChI=1S/C14H13N3O2S/c15-7-2-3-10-6-8-20-12(10)9-16-14(19)11-4-1-5-13(18)17-11/h1,4-6,8H,7,9,15H2,(H,16,19)(H,17,18). The van der Waals surface area contributed by atoms with E-state index in [2.05, 4.69) is 22.1 Å². The Morgan fingerprint density at radius 2 is 2.25 bits per heavy atom. The van der Waals surface area contributed by atoms with Gasteiger partial charge in [0.15, 0.2) is 0 Å². The molecule has 0 radical (unpaired) electrons. The zero-order valence-electron chi connectivity index (χ0n) is 10.6. The summed E-state index contributed by atoms with van der Waals surface area (Å²) in [6, 6.07) is 6.34. The maximum absolute atomic E-state index is 11.9. The van der Waals surface area contributed by atoms with E-state index < -0.39 is 0 Å². The minimum absolute atomic E-state index is 0.239. The minimum Gasteiger partial charge on any atom is -0.346 e. The number of pyridine rings is 1. The molecule has 102 valence electrons. The first kappa shape index (κ1) is 14.1. The fourth-order valence-corrected chi connectivity index (χ4v) is 2.34. The van der Waals surface area contributed by atoms with E-state index in [1.165, 1.54) is 23.5 Å². The molecule has 0 aliphatic rings. The van der Waals surface area contributed by atoms with Gasteiger partial charge >= 0.3 is 0 Å². The Kier molecular flexibility index (Phi) is 4.71. The Labute approximate surface area is 119 Å². The lowest BCUT2D eigenvalue weighted by Gasteiger charge is -2.04. The van der Waals surface area contributed by atoms with Crippen LogP contribution in [0.25, 0.3) is 0 Å². The molecule has 0 bridgehead atoms. The fraction of sp³-hybridized carbons (Fsp3) is 0.143. The maximum Gasteiger partial charge on any atom is 0.268 e. The Balaban J connectivity index is 2.04. The van der Waals surface area contributed by atoms with Crippen molar-refractivity contribution in [3.05, 3.63) is 56.1 Å². The summed E-state index contributed by atoms with van der Waals surface area (Å²) in [7, 11) is 0. The molecule has 5 nitrogen and oxygen atoms in total. The number of amides is 1. The first-order chi connectivity index (χ1) is 9.70. The molecule has 0 aliphatic heterocycles. The number of carbonyl (C=O) groups is 1. The second-order valence-corrected chi connectivity index (χ2v) is 4.88. The Morgan fingerprint density at radius 1 is 1.40 bits per heavy atom. The molecule has 4 N–H and O–H groups in total. The van der Waals surface area contributed by atoms with E-state index in [1.807, 2.05) is 11.4 Å². The lowest BCUT2D eigenvalue weighted by atomic mass is 10.2. The van der Waals surface area contributed by atoms with Gasteiger partial charge < -0.3 is 16.0 Å². The molecule has 0 aromatic carbocycles. The van der Waals surface area contributed by atoms with Crippen LogP contribution in [0.2, 0.25) is 0 Å². The normalized spacial score (nSPS) is 9.65. The molecular formula is C14H13N3O2S. The highest BCUT2D eigenvalue weighted by Crippen LogP contribution is 2.15. The molecular weight excluding hydrogens is 274 g/mol. The van der Waals surface area contributed by atoms with Gasteiger partial charge in [-0.25, -0.2) is 0 Å². The van der Waals surface area contributed by atoms with Gasteiger partial charge in [0.2, 0.25) is 5.56 Å². The predicted molar refractivity (Wildman–Crippen MR) is 78.5 cm³/mol. The van der Waals surface area contributed by atoms with Crippen molar-refractivity contribution in [2.45, 2.75) is 6.54 Å². The van der Waals surface area contributed by atoms with Gasteiger partial charge in [-0.2, -0.15) is 0 Å². The smallest absolute Gasteiger partial charge is 0.268 e. The number of carbonyl (C=O) groups excluding carboxylic acids is 1. The molecule has 20 heavy (non-hydrogen) atoms. The van der Waals surface area contributed by atoms with Gasteiger partial charge in [0.25, 0.3) is 5.91 Å². The summed E-state index contributed by atoms with van der Waals surface area (Å²) in [5.74, 6) is 5.41. The molecule has 2 aromatic heterocycles. The van der Waals surface area contributed by atoms with E-state index in [-0.39, 0.29) is 17.2 Å². The first-order valence-corrected chi connectivity index (χ1v) is 6.81. The van der Waals surface area contributed by atoms with Crippen LogP contribution in [0.5, 0.6) is 0 Å². The summed E-state index contributed by atoms with van der Waals surface area (Å²) in [5, 5.41) is 4.66. The summed E-state index contributed by atoms with van der Waals surface area (Å²) in [4.78, 5) is 26.5.